The normalized spacial score (nSPS) is 16.3. The molecule has 0 saturated carbocycles. The van der Waals surface area contributed by atoms with Gasteiger partial charge in [-0.3, -0.25) is 19.4 Å². The van der Waals surface area contributed by atoms with Crippen LogP contribution in [0.1, 0.15) is 0 Å². The molecule has 15 nitrogen and oxygen atoms in total. The summed E-state index contributed by atoms with van der Waals surface area (Å²) in [4.78, 5) is 56.3. The van der Waals surface area contributed by atoms with E-state index in [1.54, 1.807) is 0 Å². The summed E-state index contributed by atoms with van der Waals surface area (Å²) < 4.78 is 43.8. The molecule has 0 aliphatic heterocycles. The van der Waals surface area contributed by atoms with Crippen molar-refractivity contribution in [1.29, 1.82) is 0 Å². The predicted molar refractivity (Wildman–Crippen MR) is 81.5 cm³/mol. The molecule has 0 bridgehead atoms. The number of anilines is 1. The molecular formula is C8H11N2O13P3. The maximum atomic E-state index is 11.6. The van der Waals surface area contributed by atoms with Crippen molar-refractivity contribution in [3.05, 3.63) is 34.4 Å². The minimum atomic E-state index is -5.71. The van der Waals surface area contributed by atoms with Crippen LogP contribution in [-0.4, -0.2) is 37.0 Å². The number of para-hydroxylation sites is 2. The van der Waals surface area contributed by atoms with E-state index in [0.717, 1.165) is 12.1 Å². The number of amides is 1. The fourth-order valence-corrected chi connectivity index (χ4v) is 4.34. The lowest BCUT2D eigenvalue weighted by Crippen LogP contribution is -2.18. The molecule has 0 fully saturated rings. The zero-order valence-corrected chi connectivity index (χ0v) is 15.0. The fraction of sp³-hybridized carbons (Fsp3) is 0.125. The van der Waals surface area contributed by atoms with E-state index >= 15 is 0 Å². The van der Waals surface area contributed by atoms with Gasteiger partial charge in [-0.2, -0.15) is 8.62 Å². The van der Waals surface area contributed by atoms with Crippen molar-refractivity contribution >= 4 is 40.8 Å². The molecule has 26 heavy (non-hydrogen) atoms. The van der Waals surface area contributed by atoms with Crippen molar-refractivity contribution in [3.63, 3.8) is 0 Å². The highest BCUT2D eigenvalue weighted by atomic mass is 31.3. The van der Waals surface area contributed by atoms with Gasteiger partial charge in [-0.05, 0) is 6.07 Å². The Labute approximate surface area is 144 Å². The zero-order chi connectivity index (χ0) is 20.2. The smallest absolute Gasteiger partial charge is 0.318 e. The van der Waals surface area contributed by atoms with Crippen LogP contribution in [0.5, 0.6) is 0 Å². The molecule has 0 heterocycles. The number of hydrogen-bond donors (Lipinski definition) is 5. The van der Waals surface area contributed by atoms with E-state index < -0.39 is 46.6 Å². The van der Waals surface area contributed by atoms with E-state index in [9.17, 15) is 28.6 Å². The largest absolute Gasteiger partial charge is 0.490 e. The van der Waals surface area contributed by atoms with Gasteiger partial charge in [0.1, 0.15) is 12.3 Å². The SMILES string of the molecule is O=C(COP(=O)(O)OP(=O)(O)OP(=O)(O)O)Nc1ccccc1[N+](=O)[O-]. The lowest BCUT2D eigenvalue weighted by atomic mass is 10.2. The van der Waals surface area contributed by atoms with Crippen LogP contribution in [0.15, 0.2) is 24.3 Å². The Morgan fingerprint density at radius 2 is 1.65 bits per heavy atom. The highest BCUT2D eigenvalue weighted by molar-refractivity contribution is 7.66. The summed E-state index contributed by atoms with van der Waals surface area (Å²) in [6, 6.07) is 4.89. The third-order valence-corrected chi connectivity index (χ3v) is 5.93. The second-order valence-corrected chi connectivity index (χ2v) is 8.61. The Hall–Kier alpha value is -1.50. The Balaban J connectivity index is 2.69. The van der Waals surface area contributed by atoms with Gasteiger partial charge in [-0.15, -0.1) is 0 Å². The highest BCUT2D eigenvalue weighted by Crippen LogP contribution is 2.66. The third-order valence-electron chi connectivity index (χ3n) is 2.15. The van der Waals surface area contributed by atoms with Crippen LogP contribution in [0, 0.1) is 10.1 Å². The number of rotatable bonds is 9. The number of nitrogens with one attached hydrogen (secondary N) is 1. The van der Waals surface area contributed by atoms with E-state index in [1.165, 1.54) is 12.1 Å². The van der Waals surface area contributed by atoms with Crippen LogP contribution in [0.4, 0.5) is 11.4 Å². The Morgan fingerprint density at radius 1 is 1.08 bits per heavy atom. The standard InChI is InChI=1S/C8H11N2O13P3/c11-8(9-6-3-1-2-4-7(6)10(12)13)5-21-25(17,18)23-26(19,20)22-24(14,15)16/h1-4H,5H2,(H,9,11)(H,17,18)(H,19,20)(H2,14,15,16). The van der Waals surface area contributed by atoms with Gasteiger partial charge in [0.2, 0.25) is 0 Å². The summed E-state index contributed by atoms with van der Waals surface area (Å²) in [6.45, 7) is -1.27. The Kier molecular flexibility index (Phi) is 7.33. The second-order valence-electron chi connectivity index (χ2n) is 4.19. The van der Waals surface area contributed by atoms with Gasteiger partial charge >= 0.3 is 23.5 Å². The van der Waals surface area contributed by atoms with Gasteiger partial charge in [0.15, 0.2) is 0 Å². The fourth-order valence-electron chi connectivity index (χ4n) is 1.37. The first-order valence-electron chi connectivity index (χ1n) is 6.02. The van der Waals surface area contributed by atoms with Gasteiger partial charge in [0.05, 0.1) is 4.92 Å². The summed E-state index contributed by atoms with van der Waals surface area (Å²) in [5.74, 6) is -1.18. The van der Waals surface area contributed by atoms with Gasteiger partial charge in [-0.25, -0.2) is 13.7 Å². The molecule has 18 heteroatoms. The number of nitrogens with zero attached hydrogens (tertiary/aromatic N) is 1. The molecule has 2 atom stereocenters. The predicted octanol–water partition coefficient (Wildman–Crippen LogP) is 0.877. The average molecular weight is 436 g/mol. The summed E-state index contributed by atoms with van der Waals surface area (Å²) in [7, 11) is -16.7. The van der Waals surface area contributed by atoms with Crippen LogP contribution in [0.2, 0.25) is 0 Å². The van der Waals surface area contributed by atoms with E-state index in [0.29, 0.717) is 0 Å². The van der Waals surface area contributed by atoms with Crippen molar-refractivity contribution in [2.75, 3.05) is 11.9 Å². The number of nitro benzene ring substituents is 1. The van der Waals surface area contributed by atoms with Crippen molar-refractivity contribution in [3.8, 4) is 0 Å². The maximum Gasteiger partial charge on any atom is 0.490 e. The molecule has 1 aromatic rings. The molecule has 2 unspecified atom stereocenters. The van der Waals surface area contributed by atoms with Crippen LogP contribution < -0.4 is 5.32 Å². The molecule has 0 aromatic heterocycles. The van der Waals surface area contributed by atoms with Crippen LogP contribution in [0.3, 0.4) is 0 Å². The Bertz CT molecular complexity index is 834. The topological polar surface area (TPSA) is 232 Å². The molecule has 0 spiro atoms. The lowest BCUT2D eigenvalue weighted by molar-refractivity contribution is -0.383. The third kappa shape index (κ3) is 8.25. The minimum Gasteiger partial charge on any atom is -0.318 e. The lowest BCUT2D eigenvalue weighted by Gasteiger charge is -2.15. The first kappa shape index (κ1) is 22.5. The van der Waals surface area contributed by atoms with E-state index in [-0.39, 0.29) is 5.69 Å². The van der Waals surface area contributed by atoms with Crippen LogP contribution in [0.25, 0.3) is 0 Å². The summed E-state index contributed by atoms with van der Waals surface area (Å²) in [6.07, 6.45) is 0. The number of carbonyl (C=O) groups excluding carboxylic acids is 1. The molecular weight excluding hydrogens is 425 g/mol. The number of benzene rings is 1. The molecule has 5 N–H and O–H groups in total. The Morgan fingerprint density at radius 3 is 2.19 bits per heavy atom. The van der Waals surface area contributed by atoms with E-state index in [4.69, 9.17) is 19.6 Å². The molecule has 0 radical (unpaired) electrons. The number of hydrogen-bond acceptors (Lipinski definition) is 9. The summed E-state index contributed by atoms with van der Waals surface area (Å²) in [5.41, 5.74) is -0.753. The molecule has 0 aliphatic rings. The molecule has 146 valence electrons. The van der Waals surface area contributed by atoms with Crippen molar-refractivity contribution in [2.45, 2.75) is 0 Å². The molecule has 1 rings (SSSR count). The van der Waals surface area contributed by atoms with E-state index in [1.807, 2.05) is 5.32 Å². The van der Waals surface area contributed by atoms with Gasteiger partial charge in [0.25, 0.3) is 11.6 Å². The van der Waals surface area contributed by atoms with Gasteiger partial charge in [0, 0.05) is 6.07 Å². The minimum absolute atomic E-state index is 0.266. The average Bonchev–Trinajstić information content (AvgIpc) is 2.41. The first-order valence-corrected chi connectivity index (χ1v) is 10.5. The molecule has 0 aliphatic carbocycles. The molecule has 1 amide bonds. The molecule has 0 saturated heterocycles. The number of carbonyl (C=O) groups is 1. The highest BCUT2D eigenvalue weighted by Gasteiger charge is 2.40. The summed E-state index contributed by atoms with van der Waals surface area (Å²) in [5, 5.41) is 12.8. The number of phosphoric acid groups is 3. The number of phosphoric ester groups is 1. The zero-order valence-electron chi connectivity index (χ0n) is 12.3. The van der Waals surface area contributed by atoms with Gasteiger partial charge in [-0.1, -0.05) is 12.1 Å². The number of nitro groups is 1. The van der Waals surface area contributed by atoms with Crippen LogP contribution >= 0.6 is 23.5 Å². The van der Waals surface area contributed by atoms with Crippen molar-refractivity contribution < 1.29 is 56.1 Å². The maximum absolute atomic E-state index is 11.6. The van der Waals surface area contributed by atoms with Crippen molar-refractivity contribution in [1.82, 2.24) is 0 Å². The van der Waals surface area contributed by atoms with Gasteiger partial charge < -0.3 is 24.9 Å². The quantitative estimate of drug-likeness (QED) is 0.206. The van der Waals surface area contributed by atoms with E-state index in [2.05, 4.69) is 13.1 Å². The summed E-state index contributed by atoms with van der Waals surface area (Å²) >= 11 is 0. The van der Waals surface area contributed by atoms with Crippen LogP contribution in [-0.2, 0) is 31.6 Å². The monoisotopic (exact) mass is 436 g/mol. The van der Waals surface area contributed by atoms with Crippen molar-refractivity contribution in [2.24, 2.45) is 0 Å². The first-order chi connectivity index (χ1) is 11.7. The second kappa shape index (κ2) is 8.46. The molecule has 1 aromatic carbocycles.